The van der Waals surface area contributed by atoms with Gasteiger partial charge in [0.05, 0.1) is 36.5 Å². The highest BCUT2D eigenvalue weighted by Crippen LogP contribution is 2.11. The zero-order valence-corrected chi connectivity index (χ0v) is 14.7. The Morgan fingerprint density at radius 3 is 1.95 bits per heavy atom. The summed E-state index contributed by atoms with van der Waals surface area (Å²) >= 11 is 0. The van der Waals surface area contributed by atoms with E-state index in [1.165, 1.54) is 44.9 Å². The van der Waals surface area contributed by atoms with E-state index in [1.54, 1.807) is 0 Å². The van der Waals surface area contributed by atoms with Crippen molar-refractivity contribution in [1.29, 1.82) is 0 Å². The van der Waals surface area contributed by atoms with Gasteiger partial charge in [0.15, 0.2) is 0 Å². The summed E-state index contributed by atoms with van der Waals surface area (Å²) in [5.74, 6) is -0.688. The molecule has 1 atom stereocenters. The van der Waals surface area contributed by atoms with Crippen molar-refractivity contribution in [1.82, 2.24) is 0 Å². The zero-order chi connectivity index (χ0) is 16.4. The van der Waals surface area contributed by atoms with E-state index < -0.39 is 22.0 Å². The molecule has 0 aromatic heterocycles. The van der Waals surface area contributed by atoms with Gasteiger partial charge in [-0.05, 0) is 12.8 Å². The van der Waals surface area contributed by atoms with E-state index in [9.17, 15) is 18.1 Å². The van der Waals surface area contributed by atoms with Crippen LogP contribution in [0.3, 0.4) is 0 Å². The Kier molecular flexibility index (Phi) is 10.5. The monoisotopic (exact) mass is 323 g/mol. The van der Waals surface area contributed by atoms with Crippen molar-refractivity contribution >= 4 is 10.1 Å². The van der Waals surface area contributed by atoms with Crippen molar-refractivity contribution in [3.8, 4) is 0 Å². The Morgan fingerprint density at radius 1 is 1.00 bits per heavy atom. The zero-order valence-electron chi connectivity index (χ0n) is 13.9. The minimum Gasteiger partial charge on any atom is -0.748 e. The standard InChI is InChI=1S/C15H33NO4S/c1-4-5-6-7-8-9-10-11-12-16(2,3)13-15(17)14-21(18,19)20/h15,17H,4-14H2,1-3H3. The molecule has 21 heavy (non-hydrogen) atoms. The van der Waals surface area contributed by atoms with Gasteiger partial charge in [0.2, 0.25) is 0 Å². The van der Waals surface area contributed by atoms with E-state index in [4.69, 9.17) is 0 Å². The van der Waals surface area contributed by atoms with Gasteiger partial charge in [-0.2, -0.15) is 0 Å². The van der Waals surface area contributed by atoms with Crippen LogP contribution in [-0.2, 0) is 10.1 Å². The fourth-order valence-corrected chi connectivity index (χ4v) is 3.20. The third-order valence-electron chi connectivity index (χ3n) is 3.72. The number of rotatable bonds is 13. The van der Waals surface area contributed by atoms with Gasteiger partial charge < -0.3 is 14.1 Å². The maximum Gasteiger partial charge on any atom is 0.116 e. The normalized spacial score (nSPS) is 14.3. The number of nitrogens with zero attached hydrogens (tertiary/aromatic N) is 1. The van der Waals surface area contributed by atoms with Gasteiger partial charge in [-0.25, -0.2) is 8.42 Å². The number of likely N-dealkylation sites (N-methyl/N-ethyl adjacent to an activating group) is 1. The average Bonchev–Trinajstić information content (AvgIpc) is 2.29. The molecule has 0 heterocycles. The summed E-state index contributed by atoms with van der Waals surface area (Å²) in [6, 6.07) is 0. The van der Waals surface area contributed by atoms with Crippen LogP contribution in [0.1, 0.15) is 58.3 Å². The first kappa shape index (κ1) is 20.8. The molecule has 0 spiro atoms. The number of aliphatic hydroxyl groups excluding tert-OH is 1. The SMILES string of the molecule is CCCCCCCCCC[N+](C)(C)CC(O)CS(=O)(=O)[O-]. The number of quaternary nitrogens is 1. The molecule has 0 rings (SSSR count). The highest BCUT2D eigenvalue weighted by Gasteiger charge is 2.21. The first-order valence-corrected chi connectivity index (χ1v) is 9.67. The number of unbranched alkanes of at least 4 members (excludes halogenated alkanes) is 7. The summed E-state index contributed by atoms with van der Waals surface area (Å²) in [7, 11) is -0.426. The van der Waals surface area contributed by atoms with E-state index in [0.717, 1.165) is 13.0 Å². The Morgan fingerprint density at radius 2 is 1.48 bits per heavy atom. The molecule has 0 aliphatic carbocycles. The first-order chi connectivity index (χ1) is 9.66. The summed E-state index contributed by atoms with van der Waals surface area (Å²) in [6.45, 7) is 3.41. The lowest BCUT2D eigenvalue weighted by molar-refractivity contribution is -0.893. The van der Waals surface area contributed by atoms with Gasteiger partial charge in [-0.15, -0.1) is 0 Å². The first-order valence-electron chi connectivity index (χ1n) is 8.10. The van der Waals surface area contributed by atoms with Crippen LogP contribution in [0.15, 0.2) is 0 Å². The summed E-state index contributed by atoms with van der Waals surface area (Å²) in [5, 5.41) is 9.65. The lowest BCUT2D eigenvalue weighted by Gasteiger charge is -2.32. The highest BCUT2D eigenvalue weighted by molar-refractivity contribution is 7.85. The molecular weight excluding hydrogens is 290 g/mol. The predicted molar refractivity (Wildman–Crippen MR) is 85.0 cm³/mol. The molecule has 0 radical (unpaired) electrons. The van der Waals surface area contributed by atoms with Crippen molar-refractivity contribution in [3.05, 3.63) is 0 Å². The minimum absolute atomic E-state index is 0.304. The molecule has 128 valence electrons. The van der Waals surface area contributed by atoms with Crippen LogP contribution in [0.2, 0.25) is 0 Å². The quantitative estimate of drug-likeness (QED) is 0.320. The van der Waals surface area contributed by atoms with Crippen molar-refractivity contribution < 1.29 is 22.6 Å². The summed E-state index contributed by atoms with van der Waals surface area (Å²) in [4.78, 5) is 0. The fraction of sp³-hybridized carbons (Fsp3) is 1.00. The summed E-state index contributed by atoms with van der Waals surface area (Å²) in [5.41, 5.74) is 0. The molecule has 5 nitrogen and oxygen atoms in total. The van der Waals surface area contributed by atoms with E-state index >= 15 is 0 Å². The van der Waals surface area contributed by atoms with Gasteiger partial charge in [-0.3, -0.25) is 0 Å². The molecule has 0 saturated heterocycles. The molecular formula is C15H33NO4S. The van der Waals surface area contributed by atoms with Gasteiger partial charge in [-0.1, -0.05) is 45.4 Å². The molecule has 0 amide bonds. The molecule has 0 aromatic rings. The number of hydrogen-bond donors (Lipinski definition) is 1. The number of aliphatic hydroxyl groups is 1. The van der Waals surface area contributed by atoms with Gasteiger partial charge in [0, 0.05) is 0 Å². The van der Waals surface area contributed by atoms with Crippen LogP contribution in [0, 0.1) is 0 Å². The van der Waals surface area contributed by atoms with Crippen molar-refractivity contribution in [2.45, 2.75) is 64.4 Å². The van der Waals surface area contributed by atoms with Crippen molar-refractivity contribution in [2.24, 2.45) is 0 Å². The minimum atomic E-state index is -4.35. The van der Waals surface area contributed by atoms with Crippen molar-refractivity contribution in [2.75, 3.05) is 32.9 Å². The highest BCUT2D eigenvalue weighted by atomic mass is 32.2. The second-order valence-corrected chi connectivity index (χ2v) is 8.14. The van der Waals surface area contributed by atoms with Gasteiger partial charge in [0.1, 0.15) is 12.6 Å². The molecule has 6 heteroatoms. The van der Waals surface area contributed by atoms with E-state index in [2.05, 4.69) is 6.92 Å². The van der Waals surface area contributed by atoms with Crippen LogP contribution in [-0.4, -0.2) is 61.6 Å². The third-order valence-corrected chi connectivity index (χ3v) is 4.51. The molecule has 0 saturated carbocycles. The van der Waals surface area contributed by atoms with E-state index in [1.807, 2.05) is 14.1 Å². The summed E-state index contributed by atoms with van der Waals surface area (Å²) in [6.07, 6.45) is 8.92. The molecule has 0 aliphatic rings. The second kappa shape index (κ2) is 10.5. The molecule has 0 fully saturated rings. The Balaban J connectivity index is 3.72. The predicted octanol–water partition coefficient (Wildman–Crippen LogP) is 2.11. The van der Waals surface area contributed by atoms with Crippen molar-refractivity contribution in [3.63, 3.8) is 0 Å². The smallest absolute Gasteiger partial charge is 0.116 e. The average molecular weight is 323 g/mol. The molecule has 0 bridgehead atoms. The second-order valence-electron chi connectivity index (χ2n) is 6.69. The van der Waals surface area contributed by atoms with Crippen LogP contribution < -0.4 is 0 Å². The maximum atomic E-state index is 10.6. The largest absolute Gasteiger partial charge is 0.748 e. The Labute approximate surface area is 130 Å². The number of hydrogen-bond acceptors (Lipinski definition) is 4. The van der Waals surface area contributed by atoms with E-state index in [0.29, 0.717) is 11.0 Å². The van der Waals surface area contributed by atoms with Crippen LogP contribution in [0.25, 0.3) is 0 Å². The van der Waals surface area contributed by atoms with Crippen LogP contribution in [0.5, 0.6) is 0 Å². The van der Waals surface area contributed by atoms with E-state index in [-0.39, 0.29) is 0 Å². The lowest BCUT2D eigenvalue weighted by Crippen LogP contribution is -2.47. The fourth-order valence-electron chi connectivity index (χ4n) is 2.62. The van der Waals surface area contributed by atoms with Gasteiger partial charge >= 0.3 is 0 Å². The molecule has 1 N–H and O–H groups in total. The molecule has 0 aromatic carbocycles. The topological polar surface area (TPSA) is 77.4 Å². The Bertz CT molecular complexity index is 355. The molecule has 1 unspecified atom stereocenters. The Hall–Kier alpha value is -0.170. The van der Waals surface area contributed by atoms with Gasteiger partial charge in [0.25, 0.3) is 0 Å². The van der Waals surface area contributed by atoms with Crippen LogP contribution in [0.4, 0.5) is 0 Å². The maximum absolute atomic E-state index is 10.6. The lowest BCUT2D eigenvalue weighted by atomic mass is 10.1. The van der Waals surface area contributed by atoms with Crippen LogP contribution >= 0.6 is 0 Å². The third kappa shape index (κ3) is 14.5. The molecule has 0 aliphatic heterocycles. The summed E-state index contributed by atoms with van der Waals surface area (Å²) < 4.78 is 32.4.